The van der Waals surface area contributed by atoms with Crippen LogP contribution in [0.1, 0.15) is 32.6 Å². The number of aromatic nitrogens is 4. The van der Waals surface area contributed by atoms with Crippen molar-refractivity contribution in [3.8, 4) is 0 Å². The monoisotopic (exact) mass is 640 g/mol. The number of carbonyl (C=O) groups is 2. The highest BCUT2D eigenvalue weighted by Crippen LogP contribution is 2.47. The number of rotatable bonds is 13. The molecule has 0 amide bonds. The molecule has 1 aromatic carbocycles. The third-order valence-corrected chi connectivity index (χ3v) is 9.51. The summed E-state index contributed by atoms with van der Waals surface area (Å²) in [6, 6.07) is 8.96. The zero-order valence-electron chi connectivity index (χ0n) is 23.5. The second kappa shape index (κ2) is 12.8. The Bertz CT molecular complexity index is 1580. The maximum Gasteiger partial charge on any atom is 0.405 e. The number of ether oxygens (including phenoxy) is 1. The number of anilines is 1. The van der Waals surface area contributed by atoms with Crippen LogP contribution in [-0.2, 0) is 34.5 Å². The molecule has 0 saturated carbocycles. The average molecular weight is 641 g/mol. The fourth-order valence-corrected chi connectivity index (χ4v) is 6.37. The number of carbonyl (C=O) groups excluding carboxylic acids is 1. The maximum atomic E-state index is 13.7. The third-order valence-electron chi connectivity index (χ3n) is 6.81. The molecule has 1 saturated heterocycles. The Kier molecular flexibility index (Phi) is 9.78. The van der Waals surface area contributed by atoms with Crippen molar-refractivity contribution in [2.45, 2.75) is 51.4 Å². The first-order valence-electron chi connectivity index (χ1n) is 13.0. The molecule has 4 rings (SSSR count). The molecule has 0 bridgehead atoms. The summed E-state index contributed by atoms with van der Waals surface area (Å²) >= 11 is 0.717. The number of thioether (sulfide) groups is 1. The first kappa shape index (κ1) is 32.8. The standard InChI is InChI=1S/C25H33N6O10PS/c1-24(2,21(34)35)22(36)43-10-9-39-42(38,28-11-14-7-5-4-6-8-14)40-12-15-17(32)25(3,37)20(41-15)31-13-27-16-18(31)29-23(26)30-19(16)33/h4-8,13,15,17,20,32,37H,9-12H2,1-3H3,(H,28,38)(H,34,35)(H3,26,29,30,33)/t15?,17-,20?,25-,42?/m1/s1. The van der Waals surface area contributed by atoms with E-state index in [1.165, 1.54) is 31.7 Å². The van der Waals surface area contributed by atoms with E-state index < -0.39 is 60.4 Å². The molecule has 5 atom stereocenters. The smallest absolute Gasteiger partial charge is 0.405 e. The van der Waals surface area contributed by atoms with E-state index in [2.05, 4.69) is 20.0 Å². The minimum Gasteiger partial charge on any atom is -0.480 e. The zero-order chi connectivity index (χ0) is 31.6. The number of nitrogen functional groups attached to an aromatic ring is 1. The van der Waals surface area contributed by atoms with Gasteiger partial charge in [0.25, 0.3) is 5.56 Å². The number of benzene rings is 1. The van der Waals surface area contributed by atoms with E-state index in [4.69, 9.17) is 19.5 Å². The molecule has 234 valence electrons. The van der Waals surface area contributed by atoms with Gasteiger partial charge in [0.2, 0.25) is 11.1 Å². The molecule has 16 nitrogen and oxygen atoms in total. The second-order valence-electron chi connectivity index (χ2n) is 10.5. The minimum atomic E-state index is -4.11. The summed E-state index contributed by atoms with van der Waals surface area (Å²) in [6.07, 6.45) is -2.85. The predicted octanol–water partition coefficient (Wildman–Crippen LogP) is 1.01. The second-order valence-corrected chi connectivity index (χ2v) is 13.4. The molecular weight excluding hydrogens is 607 g/mol. The number of nitrogens with two attached hydrogens (primary N) is 1. The molecule has 18 heteroatoms. The van der Waals surface area contributed by atoms with Crippen LogP contribution in [0.5, 0.6) is 0 Å². The van der Waals surface area contributed by atoms with Crippen molar-refractivity contribution in [1.82, 2.24) is 24.6 Å². The fraction of sp³-hybridized carbons (Fsp3) is 0.480. The van der Waals surface area contributed by atoms with Gasteiger partial charge in [-0.25, -0.2) is 14.6 Å². The van der Waals surface area contributed by atoms with Crippen LogP contribution in [0.2, 0.25) is 0 Å². The summed E-state index contributed by atoms with van der Waals surface area (Å²) in [7, 11) is -4.11. The van der Waals surface area contributed by atoms with Crippen LogP contribution in [0.25, 0.3) is 11.2 Å². The first-order chi connectivity index (χ1) is 20.2. The van der Waals surface area contributed by atoms with Gasteiger partial charge in [-0.3, -0.25) is 33.0 Å². The van der Waals surface area contributed by atoms with Crippen LogP contribution in [-0.4, -0.2) is 82.7 Å². The first-order valence-corrected chi connectivity index (χ1v) is 15.6. The number of fused-ring (bicyclic) bond motifs is 1. The van der Waals surface area contributed by atoms with Gasteiger partial charge in [-0.05, 0) is 26.3 Å². The molecule has 0 spiro atoms. The molecule has 2 aromatic heterocycles. The number of aliphatic hydroxyl groups is 2. The molecule has 3 unspecified atom stereocenters. The van der Waals surface area contributed by atoms with Gasteiger partial charge in [-0.2, -0.15) is 4.98 Å². The summed E-state index contributed by atoms with van der Waals surface area (Å²) < 4.78 is 32.0. The molecule has 3 heterocycles. The van der Waals surface area contributed by atoms with Gasteiger partial charge < -0.3 is 25.8 Å². The molecule has 43 heavy (non-hydrogen) atoms. The summed E-state index contributed by atoms with van der Waals surface area (Å²) in [5, 5.41) is 33.5. The molecule has 1 aliphatic rings. The van der Waals surface area contributed by atoms with E-state index in [1.807, 2.05) is 6.07 Å². The van der Waals surface area contributed by atoms with Crippen molar-refractivity contribution in [1.29, 1.82) is 0 Å². The van der Waals surface area contributed by atoms with Crippen molar-refractivity contribution in [3.05, 3.63) is 52.6 Å². The highest BCUT2D eigenvalue weighted by molar-refractivity contribution is 8.13. The lowest BCUT2D eigenvalue weighted by Crippen LogP contribution is -2.44. The lowest BCUT2D eigenvalue weighted by molar-refractivity contribution is -0.149. The van der Waals surface area contributed by atoms with Crippen LogP contribution in [0.15, 0.2) is 41.5 Å². The van der Waals surface area contributed by atoms with Crippen molar-refractivity contribution >= 4 is 47.7 Å². The number of nitrogens with one attached hydrogen (secondary N) is 2. The van der Waals surface area contributed by atoms with Gasteiger partial charge in [0.15, 0.2) is 17.4 Å². The Morgan fingerprint density at radius 2 is 2.00 bits per heavy atom. The van der Waals surface area contributed by atoms with Crippen LogP contribution in [0.3, 0.4) is 0 Å². The van der Waals surface area contributed by atoms with E-state index in [-0.39, 0.29) is 36.0 Å². The van der Waals surface area contributed by atoms with E-state index in [9.17, 15) is 34.3 Å². The summed E-state index contributed by atoms with van der Waals surface area (Å²) in [5.41, 5.74) is 2.22. The van der Waals surface area contributed by atoms with E-state index >= 15 is 0 Å². The predicted molar refractivity (Wildman–Crippen MR) is 155 cm³/mol. The number of hydrogen-bond acceptors (Lipinski definition) is 13. The van der Waals surface area contributed by atoms with E-state index in [0.29, 0.717) is 0 Å². The van der Waals surface area contributed by atoms with Gasteiger partial charge in [0, 0.05) is 12.3 Å². The van der Waals surface area contributed by atoms with Crippen LogP contribution in [0.4, 0.5) is 5.95 Å². The lowest BCUT2D eigenvalue weighted by Gasteiger charge is -2.27. The third kappa shape index (κ3) is 7.16. The van der Waals surface area contributed by atoms with Gasteiger partial charge >= 0.3 is 13.7 Å². The normalized spacial score (nSPS) is 23.8. The quantitative estimate of drug-likeness (QED) is 0.0868. The molecule has 1 fully saturated rings. The van der Waals surface area contributed by atoms with Gasteiger partial charge in [-0.1, -0.05) is 42.1 Å². The highest BCUT2D eigenvalue weighted by Gasteiger charge is 2.54. The number of aliphatic hydroxyl groups excluding tert-OH is 1. The summed E-state index contributed by atoms with van der Waals surface area (Å²) in [5.74, 6) is -1.48. The summed E-state index contributed by atoms with van der Waals surface area (Å²) in [6.45, 7) is 3.20. The van der Waals surface area contributed by atoms with Gasteiger partial charge in [-0.15, -0.1) is 0 Å². The number of hydrogen-bond donors (Lipinski definition) is 6. The van der Waals surface area contributed by atoms with Crippen molar-refractivity contribution in [2.24, 2.45) is 5.41 Å². The van der Waals surface area contributed by atoms with Crippen molar-refractivity contribution in [2.75, 3.05) is 24.7 Å². The van der Waals surface area contributed by atoms with Gasteiger partial charge in [0.1, 0.15) is 23.2 Å². The topological polar surface area (TPSA) is 241 Å². The number of carboxylic acids is 1. The summed E-state index contributed by atoms with van der Waals surface area (Å²) in [4.78, 5) is 46.2. The molecular formula is C25H33N6O10PS. The Labute approximate surface area is 249 Å². The largest absolute Gasteiger partial charge is 0.480 e. The molecule has 1 aliphatic heterocycles. The Balaban J connectivity index is 1.46. The molecule has 3 aromatic rings. The number of H-pyrrole nitrogens is 1. The molecule has 0 aliphatic carbocycles. The Hall–Kier alpha value is -3.15. The van der Waals surface area contributed by atoms with Gasteiger partial charge in [0.05, 0.1) is 19.5 Å². The number of aromatic amines is 1. The minimum absolute atomic E-state index is 0.0111. The number of imidazole rings is 1. The molecule has 0 radical (unpaired) electrons. The average Bonchev–Trinajstić information content (AvgIpc) is 3.47. The maximum absolute atomic E-state index is 13.7. The van der Waals surface area contributed by atoms with Crippen molar-refractivity contribution < 1.29 is 43.3 Å². The van der Waals surface area contributed by atoms with Crippen LogP contribution >= 0.6 is 19.5 Å². The Morgan fingerprint density at radius 1 is 1.30 bits per heavy atom. The van der Waals surface area contributed by atoms with E-state index in [0.717, 1.165) is 17.3 Å². The molecule has 7 N–H and O–H groups in total. The fourth-order valence-electron chi connectivity index (χ4n) is 4.14. The van der Waals surface area contributed by atoms with Crippen LogP contribution in [0, 0.1) is 5.41 Å². The highest BCUT2D eigenvalue weighted by atomic mass is 32.2. The van der Waals surface area contributed by atoms with Crippen molar-refractivity contribution in [3.63, 3.8) is 0 Å². The number of aliphatic carboxylic acids is 1. The SMILES string of the molecule is CC(C)(C(=O)O)C(=O)SCCOP(=O)(NCc1ccccc1)OCC1OC(n2cnc3c(=O)[nH]c(N)nc32)[C@](C)(O)[C@@H]1O. The number of nitrogens with zero attached hydrogens (tertiary/aromatic N) is 3. The number of carboxylic acid groups (broad SMARTS) is 1. The Morgan fingerprint density at radius 3 is 2.67 bits per heavy atom. The lowest BCUT2D eigenvalue weighted by atomic mass is 9.96. The zero-order valence-corrected chi connectivity index (χ0v) is 25.2. The van der Waals surface area contributed by atoms with E-state index in [1.54, 1.807) is 24.3 Å². The van der Waals surface area contributed by atoms with Crippen LogP contribution < -0.4 is 16.4 Å².